The number of thioether (sulfide) groups is 2. The Morgan fingerprint density at radius 3 is 1.43 bits per heavy atom. The van der Waals surface area contributed by atoms with E-state index in [2.05, 4.69) is 20.4 Å². The van der Waals surface area contributed by atoms with Crippen molar-refractivity contribution in [2.45, 2.75) is 99.5 Å². The normalized spacial score (nSPS) is 23.8. The van der Waals surface area contributed by atoms with Crippen molar-refractivity contribution in [3.05, 3.63) is 105 Å². The van der Waals surface area contributed by atoms with Crippen molar-refractivity contribution in [2.75, 3.05) is 60.6 Å². The first-order chi connectivity index (χ1) is 29.0. The maximum atomic E-state index is 15.2. The molecule has 6 aliphatic rings. The number of benzene rings is 4. The smallest absolute Gasteiger partial charge is 0.367 e. The molecule has 0 aliphatic carbocycles. The molecule has 4 aromatic rings. The average molecular weight is 879 g/mol. The fourth-order valence-electron chi connectivity index (χ4n) is 11.4. The molecule has 0 amide bonds. The number of halogens is 6. The molecule has 324 valence electrons. The van der Waals surface area contributed by atoms with Crippen LogP contribution in [0.25, 0.3) is 22.3 Å². The molecule has 4 atom stereocenters. The Balaban J connectivity index is 0.981. The van der Waals surface area contributed by atoms with Gasteiger partial charge in [-0.15, -0.1) is 0 Å². The summed E-state index contributed by atoms with van der Waals surface area (Å²) in [5.74, 6) is 3.88. The van der Waals surface area contributed by atoms with Crippen LogP contribution in [-0.2, 0) is 39.8 Å². The summed E-state index contributed by atoms with van der Waals surface area (Å²) in [4.78, 5) is 5.00. The van der Waals surface area contributed by atoms with Crippen molar-refractivity contribution in [3.63, 3.8) is 0 Å². The van der Waals surface area contributed by atoms with Crippen molar-refractivity contribution in [1.82, 2.24) is 10.6 Å². The summed E-state index contributed by atoms with van der Waals surface area (Å²) in [6.07, 6.45) is -7.34. The van der Waals surface area contributed by atoms with Gasteiger partial charge in [-0.05, 0) is 146 Å². The molecule has 2 saturated heterocycles. The zero-order valence-electron chi connectivity index (χ0n) is 35.0. The Bertz CT molecular complexity index is 2220. The Kier molecular flexibility index (Phi) is 10.3. The Morgan fingerprint density at radius 1 is 0.590 bits per heavy atom. The molecule has 0 radical (unpaired) electrons. The van der Waals surface area contributed by atoms with E-state index in [0.29, 0.717) is 23.2 Å². The SMILES string of the molecule is CC(C)(OC(C)(C)c1ccc(-c2cc3c4c(c2)[C@@H]2CNCC[C@@H]2N4CCSC3)c(C(F)(F)F)c1)c1ccc(-c2cc3c4c(c2)[C@@H]2CNCC[C@@H]2N4CCSC3)c(C(F)(F)F)c1. The van der Waals surface area contributed by atoms with Gasteiger partial charge < -0.3 is 25.2 Å². The number of fused-ring (bicyclic) bond motifs is 6. The molecule has 13 heteroatoms. The molecule has 2 N–H and O–H groups in total. The molecule has 4 aromatic carbocycles. The van der Waals surface area contributed by atoms with Gasteiger partial charge in [-0.3, -0.25) is 0 Å². The summed E-state index contributed by atoms with van der Waals surface area (Å²) in [5.41, 5.74) is 4.58. The van der Waals surface area contributed by atoms with Gasteiger partial charge in [0, 0.05) is 84.5 Å². The Morgan fingerprint density at radius 2 is 1.02 bits per heavy atom. The van der Waals surface area contributed by atoms with E-state index in [0.717, 1.165) is 97.4 Å². The first kappa shape index (κ1) is 41.6. The summed E-state index contributed by atoms with van der Waals surface area (Å²) in [6.45, 7) is 12.1. The van der Waals surface area contributed by atoms with E-state index in [1.807, 2.05) is 47.8 Å². The molecular weight excluding hydrogens is 827 g/mol. The van der Waals surface area contributed by atoms with Gasteiger partial charge in [0.15, 0.2) is 0 Å². The van der Waals surface area contributed by atoms with Crippen LogP contribution >= 0.6 is 23.5 Å². The number of rotatable bonds is 6. The van der Waals surface area contributed by atoms with Gasteiger partial charge in [0.1, 0.15) is 0 Å². The van der Waals surface area contributed by atoms with Crippen LogP contribution in [0.1, 0.15) is 96.9 Å². The van der Waals surface area contributed by atoms with Crippen LogP contribution in [0, 0.1) is 0 Å². The number of ether oxygens (including phenoxy) is 1. The first-order valence-corrected chi connectivity index (χ1v) is 23.9. The number of piperidine rings is 2. The van der Waals surface area contributed by atoms with E-state index in [9.17, 15) is 0 Å². The van der Waals surface area contributed by atoms with Gasteiger partial charge in [-0.1, -0.05) is 24.3 Å². The monoisotopic (exact) mass is 878 g/mol. The van der Waals surface area contributed by atoms with E-state index in [1.165, 1.54) is 23.5 Å². The minimum absolute atomic E-state index is 0.113. The highest BCUT2D eigenvalue weighted by Gasteiger charge is 2.45. The first-order valence-electron chi connectivity index (χ1n) is 21.6. The second-order valence-electron chi connectivity index (χ2n) is 18.6. The van der Waals surface area contributed by atoms with Crippen LogP contribution in [0.5, 0.6) is 0 Å². The molecule has 0 spiro atoms. The third-order valence-corrected chi connectivity index (χ3v) is 16.1. The lowest BCUT2D eigenvalue weighted by Gasteiger charge is -2.37. The van der Waals surface area contributed by atoms with Crippen molar-refractivity contribution < 1.29 is 31.1 Å². The molecule has 0 unspecified atom stereocenters. The molecule has 0 aromatic heterocycles. The highest BCUT2D eigenvalue weighted by molar-refractivity contribution is 7.98. The zero-order valence-corrected chi connectivity index (χ0v) is 36.6. The second kappa shape index (κ2) is 15.1. The standard InChI is InChI=1S/C48H52F6N4OS2/c1-45(2,31-5-7-33(39(21-31)47(49,50)51)27-17-29-25-60-15-13-57-41-9-11-55-23-37(41)35(19-27)43(29)57)59-46(3,4)32-6-8-34(40(22-32)48(52,53)54)28-18-30-26-61-16-14-58-42-10-12-56-24-38(42)36(20-28)44(30)58/h5-8,17-22,37-38,41-42,55-56H,9-16,23-26H2,1-4H3/t37-,38-,41-,42-/m0/s1. The Hall–Kier alpha value is -3.36. The molecule has 61 heavy (non-hydrogen) atoms. The average Bonchev–Trinajstić information content (AvgIpc) is 3.47. The fraction of sp³-hybridized carbons (Fsp3) is 0.500. The molecule has 5 nitrogen and oxygen atoms in total. The largest absolute Gasteiger partial charge is 0.417 e. The van der Waals surface area contributed by atoms with Crippen molar-refractivity contribution >= 4 is 34.9 Å². The van der Waals surface area contributed by atoms with Gasteiger partial charge in [0.2, 0.25) is 0 Å². The van der Waals surface area contributed by atoms with Crippen LogP contribution < -0.4 is 20.4 Å². The van der Waals surface area contributed by atoms with Gasteiger partial charge >= 0.3 is 12.4 Å². The van der Waals surface area contributed by atoms with Gasteiger partial charge in [-0.25, -0.2) is 0 Å². The number of anilines is 2. The van der Waals surface area contributed by atoms with Crippen molar-refractivity contribution in [2.24, 2.45) is 0 Å². The summed E-state index contributed by atoms with van der Waals surface area (Å²) in [5, 5.41) is 7.01. The Labute approximate surface area is 362 Å². The van der Waals surface area contributed by atoms with Crippen LogP contribution in [-0.4, -0.2) is 62.9 Å². The highest BCUT2D eigenvalue weighted by Crippen LogP contribution is 2.53. The lowest BCUT2D eigenvalue weighted by atomic mass is 9.85. The summed E-state index contributed by atoms with van der Waals surface area (Å²) < 4.78 is 97.7. The van der Waals surface area contributed by atoms with E-state index < -0.39 is 34.7 Å². The van der Waals surface area contributed by atoms with Crippen LogP contribution in [0.3, 0.4) is 0 Å². The van der Waals surface area contributed by atoms with E-state index in [1.54, 1.807) is 52.0 Å². The predicted octanol–water partition coefficient (Wildman–Crippen LogP) is 11.3. The third-order valence-electron chi connectivity index (χ3n) is 14.1. The number of alkyl halides is 6. The molecule has 6 heterocycles. The van der Waals surface area contributed by atoms with Crippen molar-refractivity contribution in [3.8, 4) is 22.3 Å². The van der Waals surface area contributed by atoms with E-state index in [4.69, 9.17) is 4.74 Å². The lowest BCUT2D eigenvalue weighted by Crippen LogP contribution is -2.44. The summed E-state index contributed by atoms with van der Waals surface area (Å²) in [7, 11) is 0. The molecule has 0 bridgehead atoms. The van der Waals surface area contributed by atoms with E-state index in [-0.39, 0.29) is 34.1 Å². The predicted molar refractivity (Wildman–Crippen MR) is 236 cm³/mol. The molecule has 0 saturated carbocycles. The number of nitrogens with one attached hydrogen (secondary N) is 2. The summed E-state index contributed by atoms with van der Waals surface area (Å²) >= 11 is 3.64. The van der Waals surface area contributed by atoms with E-state index >= 15 is 26.3 Å². The summed E-state index contributed by atoms with van der Waals surface area (Å²) in [6, 6.07) is 17.3. The maximum Gasteiger partial charge on any atom is 0.417 e. The third kappa shape index (κ3) is 7.26. The minimum Gasteiger partial charge on any atom is -0.367 e. The lowest BCUT2D eigenvalue weighted by molar-refractivity contribution is -0.140. The van der Waals surface area contributed by atoms with Crippen LogP contribution in [0.15, 0.2) is 60.7 Å². The number of hydrogen-bond donors (Lipinski definition) is 2. The number of hydrogen-bond acceptors (Lipinski definition) is 7. The molecule has 10 rings (SSSR count). The van der Waals surface area contributed by atoms with Gasteiger partial charge in [0.05, 0.1) is 22.3 Å². The molecule has 6 aliphatic heterocycles. The van der Waals surface area contributed by atoms with Crippen LogP contribution in [0.2, 0.25) is 0 Å². The highest BCUT2D eigenvalue weighted by atomic mass is 32.2. The zero-order chi connectivity index (χ0) is 42.6. The quantitative estimate of drug-likeness (QED) is 0.187. The second-order valence-corrected chi connectivity index (χ2v) is 20.8. The molecule has 2 fully saturated rings. The minimum atomic E-state index is -4.67. The molecular formula is C48H52F6N4OS2. The van der Waals surface area contributed by atoms with Gasteiger partial charge in [0.25, 0.3) is 0 Å². The fourth-order valence-corrected chi connectivity index (χ4v) is 13.3. The number of nitrogens with zero attached hydrogens (tertiary/aromatic N) is 2. The van der Waals surface area contributed by atoms with Gasteiger partial charge in [-0.2, -0.15) is 49.9 Å². The topological polar surface area (TPSA) is 39.8 Å². The van der Waals surface area contributed by atoms with Crippen molar-refractivity contribution in [1.29, 1.82) is 0 Å². The van der Waals surface area contributed by atoms with Crippen LogP contribution in [0.4, 0.5) is 37.7 Å². The maximum absolute atomic E-state index is 15.2.